The number of hydrogen-bond acceptors (Lipinski definition) is 3. The molecular weight excluding hydrogens is 224 g/mol. The Hall–Kier alpha value is -0.800. The molecule has 0 atom stereocenters. The number of unbranched alkanes of at least 4 members (excludes halogenated alkanes) is 1. The van der Waals surface area contributed by atoms with Crippen molar-refractivity contribution in [3.63, 3.8) is 0 Å². The number of nitrogens with one attached hydrogen (secondary N) is 2. The fourth-order valence-electron chi connectivity index (χ4n) is 2.15. The van der Waals surface area contributed by atoms with Gasteiger partial charge in [-0.3, -0.25) is 0 Å². The lowest BCUT2D eigenvalue weighted by Gasteiger charge is -2.01. The van der Waals surface area contributed by atoms with E-state index in [2.05, 4.69) is 30.5 Å². The molecule has 0 spiro atoms. The van der Waals surface area contributed by atoms with Crippen molar-refractivity contribution in [3.8, 4) is 0 Å². The minimum atomic E-state index is 0.836. The summed E-state index contributed by atoms with van der Waals surface area (Å²) in [5, 5.41) is 6.86. The van der Waals surface area contributed by atoms with Crippen LogP contribution in [0, 0.1) is 6.92 Å². The predicted molar refractivity (Wildman–Crippen MR) is 74.8 cm³/mol. The first-order valence-corrected chi connectivity index (χ1v) is 7.32. The van der Waals surface area contributed by atoms with E-state index in [9.17, 15) is 0 Å². The van der Waals surface area contributed by atoms with Crippen LogP contribution < -0.4 is 10.6 Å². The van der Waals surface area contributed by atoms with E-state index in [1.54, 1.807) is 0 Å². The second-order valence-corrected chi connectivity index (χ2v) is 5.28. The molecule has 1 fully saturated rings. The Morgan fingerprint density at radius 2 is 2.17 bits per heavy atom. The Bertz CT molecular complexity index is 355. The van der Waals surface area contributed by atoms with Crippen LogP contribution in [0.1, 0.15) is 49.7 Å². The third-order valence-electron chi connectivity index (χ3n) is 3.47. The van der Waals surface area contributed by atoms with Crippen LogP contribution in [0.15, 0.2) is 10.5 Å². The molecule has 18 heavy (non-hydrogen) atoms. The summed E-state index contributed by atoms with van der Waals surface area (Å²) >= 11 is 0. The third-order valence-corrected chi connectivity index (χ3v) is 3.47. The maximum absolute atomic E-state index is 5.87. The van der Waals surface area contributed by atoms with Crippen molar-refractivity contribution >= 4 is 0 Å². The highest BCUT2D eigenvalue weighted by molar-refractivity contribution is 5.20. The molecule has 0 unspecified atom stereocenters. The first-order chi connectivity index (χ1) is 8.79. The quantitative estimate of drug-likeness (QED) is 0.662. The zero-order valence-corrected chi connectivity index (χ0v) is 11.7. The fraction of sp³-hybridized carbons (Fsp3) is 0.733. The van der Waals surface area contributed by atoms with Crippen molar-refractivity contribution < 1.29 is 4.42 Å². The molecule has 2 rings (SSSR count). The molecule has 0 aliphatic heterocycles. The number of hydrogen-bond donors (Lipinski definition) is 2. The smallest absolute Gasteiger partial charge is 0.120 e. The summed E-state index contributed by atoms with van der Waals surface area (Å²) in [6.07, 6.45) is 6.29. The number of aryl methyl sites for hydroxylation is 2. The summed E-state index contributed by atoms with van der Waals surface area (Å²) in [5.41, 5.74) is 1.28. The monoisotopic (exact) mass is 250 g/mol. The van der Waals surface area contributed by atoms with Crippen molar-refractivity contribution in [3.05, 3.63) is 23.2 Å². The number of furan rings is 1. The molecule has 1 aliphatic rings. The molecule has 1 aromatic rings. The highest BCUT2D eigenvalue weighted by Crippen LogP contribution is 2.19. The minimum Gasteiger partial charge on any atom is -0.464 e. The first kappa shape index (κ1) is 13.6. The van der Waals surface area contributed by atoms with Crippen LogP contribution in [-0.2, 0) is 13.0 Å². The largest absolute Gasteiger partial charge is 0.464 e. The van der Waals surface area contributed by atoms with E-state index in [4.69, 9.17) is 4.42 Å². The molecule has 3 nitrogen and oxygen atoms in total. The molecule has 1 saturated carbocycles. The van der Waals surface area contributed by atoms with Gasteiger partial charge >= 0.3 is 0 Å². The van der Waals surface area contributed by atoms with E-state index in [1.165, 1.54) is 31.2 Å². The topological polar surface area (TPSA) is 37.2 Å². The molecule has 0 radical (unpaired) electrons. The van der Waals surface area contributed by atoms with Gasteiger partial charge in [-0.05, 0) is 57.3 Å². The normalized spacial score (nSPS) is 15.2. The van der Waals surface area contributed by atoms with E-state index in [0.717, 1.165) is 43.6 Å². The van der Waals surface area contributed by atoms with E-state index in [1.807, 2.05) is 0 Å². The SMILES string of the molecule is CCNCc1oc(CCCCNC2CC2)cc1C. The standard InChI is InChI=1S/C15H26N2O/c1-3-16-11-15-12(2)10-14(18-15)6-4-5-9-17-13-7-8-13/h10,13,16-17H,3-9,11H2,1-2H3. The van der Waals surface area contributed by atoms with Crippen molar-refractivity contribution in [2.75, 3.05) is 13.1 Å². The Kier molecular flexibility index (Phi) is 5.26. The second kappa shape index (κ2) is 6.95. The maximum Gasteiger partial charge on any atom is 0.120 e. The van der Waals surface area contributed by atoms with Crippen molar-refractivity contribution in [1.29, 1.82) is 0 Å². The molecule has 0 bridgehead atoms. The van der Waals surface area contributed by atoms with Crippen LogP contribution in [0.25, 0.3) is 0 Å². The Morgan fingerprint density at radius 3 is 2.89 bits per heavy atom. The maximum atomic E-state index is 5.87. The van der Waals surface area contributed by atoms with Gasteiger partial charge in [0.05, 0.1) is 6.54 Å². The van der Waals surface area contributed by atoms with Crippen LogP contribution in [0.4, 0.5) is 0 Å². The zero-order valence-electron chi connectivity index (χ0n) is 11.7. The summed E-state index contributed by atoms with van der Waals surface area (Å²) in [6, 6.07) is 3.03. The van der Waals surface area contributed by atoms with Gasteiger partial charge in [-0.2, -0.15) is 0 Å². The molecule has 1 aromatic heterocycles. The third kappa shape index (κ3) is 4.46. The predicted octanol–water partition coefficient (Wildman–Crippen LogP) is 2.77. The molecule has 102 valence electrons. The van der Waals surface area contributed by atoms with Gasteiger partial charge in [-0.25, -0.2) is 0 Å². The Balaban J connectivity index is 1.64. The molecular formula is C15H26N2O. The molecule has 1 heterocycles. The second-order valence-electron chi connectivity index (χ2n) is 5.28. The van der Waals surface area contributed by atoms with E-state index in [-0.39, 0.29) is 0 Å². The molecule has 2 N–H and O–H groups in total. The average Bonchev–Trinajstić information content (AvgIpc) is 3.11. The van der Waals surface area contributed by atoms with E-state index in [0.29, 0.717) is 0 Å². The Morgan fingerprint density at radius 1 is 1.33 bits per heavy atom. The lowest BCUT2D eigenvalue weighted by molar-refractivity contribution is 0.440. The Labute approximate surface area is 110 Å². The fourth-order valence-corrected chi connectivity index (χ4v) is 2.15. The highest BCUT2D eigenvalue weighted by Gasteiger charge is 2.19. The van der Waals surface area contributed by atoms with E-state index >= 15 is 0 Å². The average molecular weight is 250 g/mol. The number of rotatable bonds is 9. The highest BCUT2D eigenvalue weighted by atomic mass is 16.3. The van der Waals surface area contributed by atoms with Crippen LogP contribution in [-0.4, -0.2) is 19.1 Å². The van der Waals surface area contributed by atoms with Gasteiger partial charge in [0, 0.05) is 12.5 Å². The van der Waals surface area contributed by atoms with Crippen molar-refractivity contribution in [1.82, 2.24) is 10.6 Å². The van der Waals surface area contributed by atoms with Crippen molar-refractivity contribution in [2.45, 2.75) is 58.5 Å². The summed E-state index contributed by atoms with van der Waals surface area (Å²) in [6.45, 7) is 7.25. The van der Waals surface area contributed by atoms with Crippen LogP contribution in [0.5, 0.6) is 0 Å². The molecule has 0 aromatic carbocycles. The summed E-state index contributed by atoms with van der Waals surface area (Å²) in [5.74, 6) is 2.25. The molecule has 1 aliphatic carbocycles. The summed E-state index contributed by atoms with van der Waals surface area (Å²) in [4.78, 5) is 0. The van der Waals surface area contributed by atoms with Gasteiger partial charge in [0.1, 0.15) is 11.5 Å². The van der Waals surface area contributed by atoms with Gasteiger partial charge < -0.3 is 15.1 Å². The van der Waals surface area contributed by atoms with Gasteiger partial charge in [-0.15, -0.1) is 0 Å². The van der Waals surface area contributed by atoms with Gasteiger partial charge in [0.25, 0.3) is 0 Å². The van der Waals surface area contributed by atoms with Gasteiger partial charge in [-0.1, -0.05) is 6.92 Å². The van der Waals surface area contributed by atoms with Crippen LogP contribution in [0.3, 0.4) is 0 Å². The molecule has 0 saturated heterocycles. The first-order valence-electron chi connectivity index (χ1n) is 7.32. The minimum absolute atomic E-state index is 0.836. The lowest BCUT2D eigenvalue weighted by atomic mass is 10.2. The van der Waals surface area contributed by atoms with Crippen molar-refractivity contribution in [2.24, 2.45) is 0 Å². The van der Waals surface area contributed by atoms with Gasteiger partial charge in [0.15, 0.2) is 0 Å². The molecule has 0 amide bonds. The molecule has 3 heteroatoms. The summed E-state index contributed by atoms with van der Waals surface area (Å²) < 4.78 is 5.87. The van der Waals surface area contributed by atoms with E-state index < -0.39 is 0 Å². The summed E-state index contributed by atoms with van der Waals surface area (Å²) in [7, 11) is 0. The lowest BCUT2D eigenvalue weighted by Crippen LogP contribution is -2.17. The van der Waals surface area contributed by atoms with Crippen LogP contribution in [0.2, 0.25) is 0 Å². The zero-order chi connectivity index (χ0) is 12.8. The van der Waals surface area contributed by atoms with Gasteiger partial charge in [0.2, 0.25) is 0 Å². The van der Waals surface area contributed by atoms with Crippen LogP contribution >= 0.6 is 0 Å².